The molecule has 0 aliphatic carbocycles. The fourth-order valence-corrected chi connectivity index (χ4v) is 6.46. The van der Waals surface area contributed by atoms with Gasteiger partial charge in [-0.2, -0.15) is 0 Å². The third-order valence-corrected chi connectivity index (χ3v) is 8.39. The zero-order valence-corrected chi connectivity index (χ0v) is 18.8. The normalized spacial score (nSPS) is 19.4. The van der Waals surface area contributed by atoms with E-state index in [9.17, 15) is 21.6 Å². The highest BCUT2D eigenvalue weighted by Gasteiger charge is 2.49. The molecule has 9 nitrogen and oxygen atoms in total. The molecule has 2 aromatic rings. The summed E-state index contributed by atoms with van der Waals surface area (Å²) in [7, 11) is -4.03. The van der Waals surface area contributed by atoms with E-state index >= 15 is 0 Å². The van der Waals surface area contributed by atoms with Crippen LogP contribution in [0, 0.1) is 5.41 Å². The minimum absolute atomic E-state index is 0.0356. The molecule has 30 heavy (non-hydrogen) atoms. The Morgan fingerprint density at radius 3 is 2.30 bits per heavy atom. The molecule has 1 N–H and O–H groups in total. The fraction of sp³-hybridized carbons (Fsp3) is 0.421. The van der Waals surface area contributed by atoms with Crippen molar-refractivity contribution < 1.29 is 26.0 Å². The van der Waals surface area contributed by atoms with Crippen molar-refractivity contribution in [3.05, 3.63) is 48.4 Å². The maximum absolute atomic E-state index is 12.7. The average molecular weight is 456 g/mol. The number of carbonyl (C=O) groups is 1. The summed E-state index contributed by atoms with van der Waals surface area (Å²) in [5.41, 5.74) is -0.913. The molecule has 1 aromatic carbocycles. The number of rotatable bonds is 7. The first-order chi connectivity index (χ1) is 13.8. The second-order valence-corrected chi connectivity index (χ2v) is 11.6. The van der Waals surface area contributed by atoms with E-state index in [2.05, 4.69) is 4.72 Å². The third kappa shape index (κ3) is 4.29. The number of likely N-dealkylation sites (N-methyl/N-ethyl adjacent to an activating group) is 1. The van der Waals surface area contributed by atoms with Crippen LogP contribution in [0.25, 0.3) is 0 Å². The summed E-state index contributed by atoms with van der Waals surface area (Å²) in [4.78, 5) is 14.3. The van der Waals surface area contributed by atoms with E-state index in [4.69, 9.17) is 4.42 Å². The van der Waals surface area contributed by atoms with Crippen molar-refractivity contribution in [3.63, 3.8) is 0 Å². The van der Waals surface area contributed by atoms with Crippen molar-refractivity contribution in [1.29, 1.82) is 0 Å². The Morgan fingerprint density at radius 1 is 1.20 bits per heavy atom. The van der Waals surface area contributed by atoms with Crippen molar-refractivity contribution in [2.45, 2.75) is 24.8 Å². The first-order valence-corrected chi connectivity index (χ1v) is 12.3. The molecule has 0 bridgehead atoms. The van der Waals surface area contributed by atoms with Crippen LogP contribution in [0.3, 0.4) is 0 Å². The molecule has 1 atom stereocenters. The van der Waals surface area contributed by atoms with Crippen LogP contribution in [0.1, 0.15) is 25.6 Å². The molecule has 1 aliphatic heterocycles. The lowest BCUT2D eigenvalue weighted by Crippen LogP contribution is -2.34. The number of hydrogen-bond donors (Lipinski definition) is 1. The van der Waals surface area contributed by atoms with E-state index in [-0.39, 0.29) is 28.9 Å². The molecule has 1 aliphatic rings. The summed E-state index contributed by atoms with van der Waals surface area (Å²) in [6, 6.07) is 8.40. The summed E-state index contributed by atoms with van der Waals surface area (Å²) >= 11 is 0. The van der Waals surface area contributed by atoms with Crippen molar-refractivity contribution in [1.82, 2.24) is 9.62 Å². The summed E-state index contributed by atoms with van der Waals surface area (Å²) in [5.74, 6) is -0.207. The number of nitrogens with zero attached hydrogens (tertiary/aromatic N) is 2. The molecule has 0 spiro atoms. The van der Waals surface area contributed by atoms with Crippen LogP contribution in [0.15, 0.2) is 52.0 Å². The van der Waals surface area contributed by atoms with Gasteiger partial charge in [0.15, 0.2) is 0 Å². The molecule has 0 unspecified atom stereocenters. The van der Waals surface area contributed by atoms with E-state index in [1.807, 2.05) is 19.0 Å². The van der Waals surface area contributed by atoms with Crippen molar-refractivity contribution in [2.24, 2.45) is 5.41 Å². The van der Waals surface area contributed by atoms with Crippen LogP contribution in [0.4, 0.5) is 5.69 Å². The minimum atomic E-state index is -3.86. The number of nitrogens with one attached hydrogen (secondary N) is 1. The Bertz CT molecular complexity index is 1120. The third-order valence-electron chi connectivity index (χ3n) is 4.93. The second kappa shape index (κ2) is 7.80. The van der Waals surface area contributed by atoms with Gasteiger partial charge < -0.3 is 4.42 Å². The van der Waals surface area contributed by atoms with Gasteiger partial charge in [-0.1, -0.05) is 0 Å². The number of benzene rings is 1. The van der Waals surface area contributed by atoms with Crippen LogP contribution in [0.5, 0.6) is 0 Å². The highest BCUT2D eigenvalue weighted by molar-refractivity contribution is 7.94. The zero-order valence-electron chi connectivity index (χ0n) is 17.2. The molecule has 1 fully saturated rings. The molecule has 3 rings (SSSR count). The van der Waals surface area contributed by atoms with Crippen LogP contribution >= 0.6 is 0 Å². The van der Waals surface area contributed by atoms with Gasteiger partial charge in [-0.25, -0.2) is 25.9 Å². The molecule has 1 aromatic heterocycles. The van der Waals surface area contributed by atoms with Crippen LogP contribution in [0.2, 0.25) is 0 Å². The predicted molar refractivity (Wildman–Crippen MR) is 112 cm³/mol. The maximum Gasteiger partial charge on any atom is 0.247 e. The second-order valence-electron chi connectivity index (χ2n) is 8.05. The van der Waals surface area contributed by atoms with Gasteiger partial charge in [0.25, 0.3) is 0 Å². The van der Waals surface area contributed by atoms with Crippen molar-refractivity contribution in [3.8, 4) is 0 Å². The number of carbonyl (C=O) groups excluding carboxylic acids is 1. The Balaban J connectivity index is 1.79. The summed E-state index contributed by atoms with van der Waals surface area (Å²) < 4.78 is 58.8. The van der Waals surface area contributed by atoms with Gasteiger partial charge in [-0.05, 0) is 64.3 Å². The first kappa shape index (κ1) is 22.5. The quantitative estimate of drug-likeness (QED) is 0.673. The van der Waals surface area contributed by atoms with Gasteiger partial charge in [0.2, 0.25) is 26.0 Å². The summed E-state index contributed by atoms with van der Waals surface area (Å²) in [5, 5.41) is 0. The van der Waals surface area contributed by atoms with Gasteiger partial charge in [0.05, 0.1) is 34.1 Å². The molecule has 0 radical (unpaired) electrons. The average Bonchev–Trinajstić information content (AvgIpc) is 3.20. The van der Waals surface area contributed by atoms with Crippen molar-refractivity contribution in [2.75, 3.05) is 30.7 Å². The predicted octanol–water partition coefficient (Wildman–Crippen LogP) is 1.56. The number of sulfonamides is 2. The Hall–Kier alpha value is -2.21. The van der Waals surface area contributed by atoms with Gasteiger partial charge in [-0.3, -0.25) is 9.69 Å². The van der Waals surface area contributed by atoms with Gasteiger partial charge >= 0.3 is 0 Å². The molecule has 2 heterocycles. The first-order valence-electron chi connectivity index (χ1n) is 9.22. The summed E-state index contributed by atoms with van der Waals surface area (Å²) in [6.07, 6.45) is 1.52. The molecule has 1 amide bonds. The van der Waals surface area contributed by atoms with E-state index < -0.39 is 31.4 Å². The molecule has 11 heteroatoms. The summed E-state index contributed by atoms with van der Waals surface area (Å²) in [6.45, 7) is 3.21. The van der Waals surface area contributed by atoms with Crippen LogP contribution < -0.4 is 9.03 Å². The maximum atomic E-state index is 12.7. The van der Waals surface area contributed by atoms with Gasteiger partial charge in [0.1, 0.15) is 5.76 Å². The Kier molecular flexibility index (Phi) is 5.84. The SMILES string of the molecule is CN(C)[C@@H](CNS(=O)(=O)c1ccc(N2C(=O)C(C)(C)CS2(=O)=O)cc1)c1ccco1. The lowest BCUT2D eigenvalue weighted by molar-refractivity contribution is -0.123. The minimum Gasteiger partial charge on any atom is -0.468 e. The monoisotopic (exact) mass is 455 g/mol. The Labute approximate surface area is 176 Å². The number of furan rings is 1. The highest BCUT2D eigenvalue weighted by Crippen LogP contribution is 2.36. The highest BCUT2D eigenvalue weighted by atomic mass is 32.2. The van der Waals surface area contributed by atoms with Crippen molar-refractivity contribution >= 4 is 31.6 Å². The topological polar surface area (TPSA) is 117 Å². The smallest absolute Gasteiger partial charge is 0.247 e. The molecule has 164 valence electrons. The van der Waals surface area contributed by atoms with E-state index in [0.717, 1.165) is 4.31 Å². The largest absolute Gasteiger partial charge is 0.468 e. The molecule has 0 saturated carbocycles. The van der Waals surface area contributed by atoms with Crippen LogP contribution in [-0.2, 0) is 24.8 Å². The lowest BCUT2D eigenvalue weighted by Gasteiger charge is -2.22. The lowest BCUT2D eigenvalue weighted by atomic mass is 9.95. The molecular formula is C19H25N3O6S2. The molecular weight excluding hydrogens is 430 g/mol. The van der Waals surface area contributed by atoms with E-state index in [0.29, 0.717) is 5.76 Å². The zero-order chi connectivity index (χ0) is 22.3. The fourth-order valence-electron chi connectivity index (χ4n) is 3.31. The standard InChI is InChI=1S/C19H25N3O6S2/c1-19(2)13-29(24,25)22(18(19)23)14-7-9-15(10-8-14)30(26,27)20-12-16(21(3)4)17-6-5-11-28-17/h5-11,16,20H,12-13H2,1-4H3/t16-/m0/s1. The number of anilines is 1. The van der Waals surface area contributed by atoms with Gasteiger partial charge in [-0.15, -0.1) is 0 Å². The van der Waals surface area contributed by atoms with Crippen LogP contribution in [-0.4, -0.2) is 54.0 Å². The Morgan fingerprint density at radius 2 is 1.83 bits per heavy atom. The number of hydrogen-bond acceptors (Lipinski definition) is 7. The number of amides is 1. The molecule has 1 saturated heterocycles. The van der Waals surface area contributed by atoms with Gasteiger partial charge in [0, 0.05) is 6.54 Å². The van der Waals surface area contributed by atoms with E-state index in [1.54, 1.807) is 26.0 Å². The van der Waals surface area contributed by atoms with E-state index in [1.165, 1.54) is 30.5 Å².